The number of alkyl halides is 3. The van der Waals surface area contributed by atoms with E-state index >= 15 is 0 Å². The molecule has 1 amide bonds. The van der Waals surface area contributed by atoms with Crippen molar-refractivity contribution in [1.29, 1.82) is 0 Å². The monoisotopic (exact) mass is 373 g/mol. The summed E-state index contributed by atoms with van der Waals surface area (Å²) in [6, 6.07) is 5.64. The van der Waals surface area contributed by atoms with Crippen molar-refractivity contribution in [3.63, 3.8) is 0 Å². The Labute approximate surface area is 147 Å². The predicted octanol–water partition coefficient (Wildman–Crippen LogP) is 3.46. The second-order valence-electron chi connectivity index (χ2n) is 5.34. The number of nitrogens with zero attached hydrogens (tertiary/aromatic N) is 2. The number of ether oxygens (including phenoxy) is 1. The van der Waals surface area contributed by atoms with Gasteiger partial charge in [-0.1, -0.05) is 19.1 Å². The van der Waals surface area contributed by atoms with Gasteiger partial charge in [0.15, 0.2) is 0 Å². The van der Waals surface area contributed by atoms with Crippen LogP contribution in [0.3, 0.4) is 0 Å². The van der Waals surface area contributed by atoms with E-state index in [1.807, 2.05) is 12.2 Å². The maximum Gasteiger partial charge on any atom is 0.471 e. The van der Waals surface area contributed by atoms with Gasteiger partial charge in [-0.25, -0.2) is 0 Å². The Hall–Kier alpha value is -2.16. The van der Waals surface area contributed by atoms with Crippen molar-refractivity contribution in [2.45, 2.75) is 38.4 Å². The molecule has 0 radical (unpaired) electrons. The number of nitrogens with one attached hydrogen (secondary N) is 1. The summed E-state index contributed by atoms with van der Waals surface area (Å²) < 4.78 is 42.9. The topological polar surface area (TPSA) is 64.1 Å². The van der Waals surface area contributed by atoms with Crippen molar-refractivity contribution < 1.29 is 22.7 Å². The van der Waals surface area contributed by atoms with Gasteiger partial charge in [-0.05, 0) is 24.1 Å². The van der Waals surface area contributed by atoms with Gasteiger partial charge in [-0.15, -0.1) is 21.5 Å². The minimum atomic E-state index is -4.95. The van der Waals surface area contributed by atoms with E-state index in [1.165, 1.54) is 18.4 Å². The molecule has 25 heavy (non-hydrogen) atoms. The lowest BCUT2D eigenvalue weighted by molar-refractivity contribution is -0.174. The van der Waals surface area contributed by atoms with E-state index in [2.05, 4.69) is 10.2 Å². The first-order valence-corrected chi connectivity index (χ1v) is 8.48. The summed E-state index contributed by atoms with van der Waals surface area (Å²) in [5.74, 6) is -1.41. The fourth-order valence-electron chi connectivity index (χ4n) is 2.19. The molecule has 1 aromatic carbocycles. The number of methoxy groups -OCH3 is 1. The van der Waals surface area contributed by atoms with Crippen LogP contribution in [0.15, 0.2) is 24.3 Å². The van der Waals surface area contributed by atoms with Crippen LogP contribution in [0, 0.1) is 0 Å². The number of benzene rings is 1. The first-order valence-electron chi connectivity index (χ1n) is 7.66. The summed E-state index contributed by atoms with van der Waals surface area (Å²) in [5.41, 5.74) is 0.533. The van der Waals surface area contributed by atoms with Crippen LogP contribution in [0.25, 0.3) is 0 Å². The van der Waals surface area contributed by atoms with E-state index in [4.69, 9.17) is 4.74 Å². The second kappa shape index (κ2) is 8.28. The van der Waals surface area contributed by atoms with E-state index in [9.17, 15) is 18.0 Å². The van der Waals surface area contributed by atoms with Crippen LogP contribution >= 0.6 is 11.3 Å². The molecule has 0 fully saturated rings. The molecule has 0 aliphatic rings. The Kier molecular flexibility index (Phi) is 6.35. The standard InChI is InChI=1S/C16H18F3N3O2S/c1-3-4-13-21-22-14(25-13)9-12(20-15(23)16(17,18)19)10-5-7-11(24-2)8-6-10/h5-8,12H,3-4,9H2,1-2H3,(H,20,23)/t12-/m0/s1. The van der Waals surface area contributed by atoms with Crippen LogP contribution in [-0.2, 0) is 17.6 Å². The second-order valence-corrected chi connectivity index (χ2v) is 6.49. The van der Waals surface area contributed by atoms with Crippen LogP contribution in [0.2, 0.25) is 0 Å². The molecule has 1 heterocycles. The minimum absolute atomic E-state index is 0.134. The molecule has 0 bridgehead atoms. The van der Waals surface area contributed by atoms with Crippen molar-refractivity contribution in [2.24, 2.45) is 0 Å². The van der Waals surface area contributed by atoms with Gasteiger partial charge in [0.2, 0.25) is 0 Å². The van der Waals surface area contributed by atoms with E-state index in [0.29, 0.717) is 16.3 Å². The molecule has 2 aromatic rings. The van der Waals surface area contributed by atoms with Gasteiger partial charge in [0, 0.05) is 12.8 Å². The first-order chi connectivity index (χ1) is 11.8. The van der Waals surface area contributed by atoms with Crippen LogP contribution in [0.4, 0.5) is 13.2 Å². The molecule has 0 aliphatic heterocycles. The van der Waals surface area contributed by atoms with E-state index in [1.54, 1.807) is 24.3 Å². The Bertz CT molecular complexity index is 701. The maximum atomic E-state index is 12.6. The molecule has 2 rings (SSSR count). The van der Waals surface area contributed by atoms with Gasteiger partial charge < -0.3 is 10.1 Å². The lowest BCUT2D eigenvalue weighted by atomic mass is 10.0. The van der Waals surface area contributed by atoms with Gasteiger partial charge >= 0.3 is 12.1 Å². The molecule has 9 heteroatoms. The predicted molar refractivity (Wildman–Crippen MR) is 87.5 cm³/mol. The maximum absolute atomic E-state index is 12.6. The molecule has 136 valence electrons. The van der Waals surface area contributed by atoms with Gasteiger partial charge in [-0.2, -0.15) is 13.2 Å². The van der Waals surface area contributed by atoms with Crippen molar-refractivity contribution >= 4 is 17.2 Å². The molecule has 1 aromatic heterocycles. The Morgan fingerprint density at radius 1 is 1.24 bits per heavy atom. The third-order valence-electron chi connectivity index (χ3n) is 3.43. The minimum Gasteiger partial charge on any atom is -0.497 e. The molecule has 0 aliphatic carbocycles. The summed E-state index contributed by atoms with van der Waals surface area (Å²) in [6.07, 6.45) is -3.14. The number of aromatic nitrogens is 2. The highest BCUT2D eigenvalue weighted by atomic mass is 32.1. The van der Waals surface area contributed by atoms with Crippen LogP contribution < -0.4 is 10.1 Å². The van der Waals surface area contributed by atoms with Gasteiger partial charge in [0.05, 0.1) is 13.2 Å². The number of hydrogen-bond donors (Lipinski definition) is 1. The third-order valence-corrected chi connectivity index (χ3v) is 4.44. The zero-order valence-electron chi connectivity index (χ0n) is 13.8. The van der Waals surface area contributed by atoms with E-state index < -0.39 is 18.1 Å². The van der Waals surface area contributed by atoms with Crippen molar-refractivity contribution in [3.8, 4) is 5.75 Å². The van der Waals surface area contributed by atoms with E-state index in [0.717, 1.165) is 17.8 Å². The fraction of sp³-hybridized carbons (Fsp3) is 0.438. The number of carbonyl (C=O) groups is 1. The Morgan fingerprint density at radius 2 is 1.88 bits per heavy atom. The smallest absolute Gasteiger partial charge is 0.471 e. The average molecular weight is 373 g/mol. The largest absolute Gasteiger partial charge is 0.497 e. The summed E-state index contributed by atoms with van der Waals surface area (Å²) in [4.78, 5) is 11.4. The highest BCUT2D eigenvalue weighted by Gasteiger charge is 2.40. The SMILES string of the molecule is CCCc1nnc(C[C@H](NC(=O)C(F)(F)F)c2ccc(OC)cc2)s1. The fourth-order valence-corrected chi connectivity index (χ4v) is 3.18. The number of carbonyl (C=O) groups excluding carboxylic acids is 1. The number of halogens is 3. The molecule has 0 saturated heterocycles. The number of aryl methyl sites for hydroxylation is 1. The number of hydrogen-bond acceptors (Lipinski definition) is 5. The summed E-state index contributed by atoms with van der Waals surface area (Å²) in [6.45, 7) is 2.00. The summed E-state index contributed by atoms with van der Waals surface area (Å²) >= 11 is 1.34. The average Bonchev–Trinajstić information content (AvgIpc) is 3.01. The zero-order valence-corrected chi connectivity index (χ0v) is 14.6. The number of rotatable bonds is 7. The Morgan fingerprint density at radius 3 is 2.44 bits per heavy atom. The van der Waals surface area contributed by atoms with Crippen molar-refractivity contribution in [3.05, 3.63) is 39.8 Å². The van der Waals surface area contributed by atoms with Gasteiger partial charge in [0.25, 0.3) is 0 Å². The first kappa shape index (κ1) is 19.2. The van der Waals surface area contributed by atoms with Gasteiger partial charge in [0.1, 0.15) is 15.8 Å². The van der Waals surface area contributed by atoms with Crippen molar-refractivity contribution in [1.82, 2.24) is 15.5 Å². The zero-order chi connectivity index (χ0) is 18.4. The normalized spacial score (nSPS) is 12.7. The molecule has 1 N–H and O–H groups in total. The Balaban J connectivity index is 2.22. The molecule has 1 atom stereocenters. The lowest BCUT2D eigenvalue weighted by Gasteiger charge is -2.19. The van der Waals surface area contributed by atoms with Gasteiger partial charge in [-0.3, -0.25) is 4.79 Å². The van der Waals surface area contributed by atoms with Crippen molar-refractivity contribution in [2.75, 3.05) is 7.11 Å². The highest BCUT2D eigenvalue weighted by Crippen LogP contribution is 2.25. The molecule has 0 spiro atoms. The van der Waals surface area contributed by atoms with Crippen LogP contribution in [0.1, 0.15) is 35.0 Å². The summed E-state index contributed by atoms with van der Waals surface area (Å²) in [7, 11) is 1.49. The van der Waals surface area contributed by atoms with E-state index in [-0.39, 0.29) is 6.42 Å². The molecular formula is C16H18F3N3O2S. The third kappa shape index (κ3) is 5.42. The highest BCUT2D eigenvalue weighted by molar-refractivity contribution is 7.11. The molecule has 5 nitrogen and oxygen atoms in total. The van der Waals surface area contributed by atoms with Crippen LogP contribution in [-0.4, -0.2) is 29.4 Å². The number of amides is 1. The molecule has 0 saturated carbocycles. The molecular weight excluding hydrogens is 355 g/mol. The summed E-state index contributed by atoms with van der Waals surface area (Å²) in [5, 5.41) is 11.5. The molecule has 0 unspecified atom stereocenters. The van der Waals surface area contributed by atoms with Crippen LogP contribution in [0.5, 0.6) is 5.75 Å². The quantitative estimate of drug-likeness (QED) is 0.807. The lowest BCUT2D eigenvalue weighted by Crippen LogP contribution is -2.39.